The van der Waals surface area contributed by atoms with Crippen molar-refractivity contribution >= 4 is 55.3 Å². The molecule has 0 fully saturated rings. The Balaban J connectivity index is 0.000000980. The smallest absolute Gasteiger partial charge is 0.181 e. The number of halogens is 2. The first kappa shape index (κ1) is 11.6. The van der Waals surface area contributed by atoms with Crippen LogP contribution in [0.1, 0.15) is 0 Å². The predicted molar refractivity (Wildman–Crippen MR) is 65.9 cm³/mol. The maximum absolute atomic E-state index is 5.96. The molecule has 0 saturated heterocycles. The second kappa shape index (κ2) is 4.33. The van der Waals surface area contributed by atoms with Gasteiger partial charge < -0.3 is 10.5 Å². The molecule has 0 radical (unpaired) electrons. The number of hydrogen-bond donors (Lipinski definition) is 1. The lowest BCUT2D eigenvalue weighted by Gasteiger charge is -1.99. The number of hydrogen-bond acceptors (Lipinski definition) is 4. The van der Waals surface area contributed by atoms with E-state index in [1.54, 1.807) is 13.2 Å². The Morgan fingerprint density at radius 1 is 1.50 bits per heavy atom. The van der Waals surface area contributed by atoms with E-state index in [-0.39, 0.29) is 17.0 Å². The zero-order valence-corrected chi connectivity index (χ0v) is 10.6. The van der Waals surface area contributed by atoms with E-state index in [2.05, 4.69) is 4.98 Å². The molecule has 1 aromatic carbocycles. The van der Waals surface area contributed by atoms with Gasteiger partial charge in [0, 0.05) is 6.07 Å². The Morgan fingerprint density at radius 2 is 2.21 bits per heavy atom. The van der Waals surface area contributed by atoms with E-state index in [0.717, 1.165) is 16.0 Å². The zero-order valence-electron chi connectivity index (χ0n) is 7.28. The van der Waals surface area contributed by atoms with E-state index < -0.39 is 0 Å². The fourth-order valence-corrected chi connectivity index (χ4v) is 2.20. The summed E-state index contributed by atoms with van der Waals surface area (Å²) in [5.74, 6) is 0.723. The van der Waals surface area contributed by atoms with Gasteiger partial charge in [-0.1, -0.05) is 22.9 Å². The molecule has 0 aliphatic carbocycles. The molecular formula is C8H8BrClN2OS. The molecule has 0 atom stereocenters. The lowest BCUT2D eigenvalue weighted by atomic mass is 10.3. The number of aromatic nitrogens is 1. The summed E-state index contributed by atoms with van der Waals surface area (Å²) in [6, 6.07) is 3.60. The molecule has 76 valence electrons. The van der Waals surface area contributed by atoms with Gasteiger partial charge in [0.25, 0.3) is 0 Å². The van der Waals surface area contributed by atoms with Crippen LogP contribution >= 0.6 is 39.9 Å². The van der Waals surface area contributed by atoms with Crippen LogP contribution in [-0.4, -0.2) is 12.1 Å². The minimum absolute atomic E-state index is 0. The van der Waals surface area contributed by atoms with Crippen molar-refractivity contribution in [1.82, 2.24) is 4.98 Å². The van der Waals surface area contributed by atoms with Crippen molar-refractivity contribution in [1.29, 1.82) is 0 Å². The number of ether oxygens (including phenoxy) is 1. The lowest BCUT2D eigenvalue weighted by Crippen LogP contribution is -1.82. The number of nitrogen functional groups attached to an aromatic ring is 1. The van der Waals surface area contributed by atoms with Crippen LogP contribution in [0.25, 0.3) is 10.2 Å². The highest BCUT2D eigenvalue weighted by atomic mass is 79.9. The Morgan fingerprint density at radius 3 is 2.86 bits per heavy atom. The minimum Gasteiger partial charge on any atom is -0.497 e. The van der Waals surface area contributed by atoms with Crippen LogP contribution in [0.15, 0.2) is 12.1 Å². The van der Waals surface area contributed by atoms with Crippen LogP contribution in [0.2, 0.25) is 5.02 Å². The molecule has 1 heterocycles. The highest BCUT2D eigenvalue weighted by molar-refractivity contribution is 8.93. The summed E-state index contributed by atoms with van der Waals surface area (Å²) < 4.78 is 6.01. The van der Waals surface area contributed by atoms with Gasteiger partial charge >= 0.3 is 0 Å². The molecule has 2 rings (SSSR count). The number of nitrogens with two attached hydrogens (primary N) is 1. The minimum atomic E-state index is 0. The first-order chi connectivity index (χ1) is 6.20. The molecule has 1 aromatic heterocycles. The highest BCUT2D eigenvalue weighted by Gasteiger charge is 2.07. The zero-order chi connectivity index (χ0) is 9.42. The van der Waals surface area contributed by atoms with Crippen LogP contribution in [-0.2, 0) is 0 Å². The molecule has 6 heteroatoms. The third-order valence-electron chi connectivity index (χ3n) is 1.67. The molecule has 0 aliphatic heterocycles. The summed E-state index contributed by atoms with van der Waals surface area (Å²) in [6.07, 6.45) is 0. The van der Waals surface area contributed by atoms with Crippen LogP contribution in [0, 0.1) is 0 Å². The van der Waals surface area contributed by atoms with Crippen molar-refractivity contribution in [2.75, 3.05) is 12.8 Å². The Hall–Kier alpha value is -0.520. The number of anilines is 1. The second-order valence-electron chi connectivity index (χ2n) is 2.51. The third kappa shape index (κ3) is 1.94. The van der Waals surface area contributed by atoms with Gasteiger partial charge in [-0.15, -0.1) is 17.0 Å². The van der Waals surface area contributed by atoms with Crippen molar-refractivity contribution in [2.24, 2.45) is 0 Å². The topological polar surface area (TPSA) is 48.1 Å². The van der Waals surface area contributed by atoms with Gasteiger partial charge in [-0.2, -0.15) is 0 Å². The molecule has 3 nitrogen and oxygen atoms in total. The van der Waals surface area contributed by atoms with Gasteiger partial charge in [0.1, 0.15) is 11.3 Å². The molecule has 0 aliphatic rings. The Kier molecular flexibility index (Phi) is 3.58. The second-order valence-corrected chi connectivity index (χ2v) is 3.98. The fourth-order valence-electron chi connectivity index (χ4n) is 1.10. The normalized spacial score (nSPS) is 9.86. The molecule has 0 unspecified atom stereocenters. The number of thiazole rings is 1. The number of rotatable bonds is 1. The predicted octanol–water partition coefficient (Wildman–Crippen LogP) is 3.12. The van der Waals surface area contributed by atoms with Crippen molar-refractivity contribution in [3.05, 3.63) is 17.2 Å². The summed E-state index contributed by atoms with van der Waals surface area (Å²) in [5.41, 5.74) is 6.30. The van der Waals surface area contributed by atoms with Gasteiger partial charge in [-0.05, 0) is 6.07 Å². The summed E-state index contributed by atoms with van der Waals surface area (Å²) in [6.45, 7) is 0. The summed E-state index contributed by atoms with van der Waals surface area (Å²) in [4.78, 5) is 4.10. The maximum Gasteiger partial charge on any atom is 0.181 e. The SMILES string of the molecule is Br.COc1cc(Cl)c2nc(N)sc2c1. The Bertz CT molecular complexity index is 460. The van der Waals surface area contributed by atoms with E-state index in [1.807, 2.05) is 6.07 Å². The van der Waals surface area contributed by atoms with Gasteiger partial charge in [0.05, 0.1) is 16.8 Å². The van der Waals surface area contributed by atoms with Gasteiger partial charge in [0.2, 0.25) is 0 Å². The average molecular weight is 296 g/mol. The first-order valence-electron chi connectivity index (χ1n) is 3.60. The van der Waals surface area contributed by atoms with Crippen molar-refractivity contribution < 1.29 is 4.74 Å². The molecule has 2 aromatic rings. The number of benzene rings is 1. The molecule has 0 bridgehead atoms. The van der Waals surface area contributed by atoms with Crippen LogP contribution < -0.4 is 10.5 Å². The third-order valence-corrected chi connectivity index (χ3v) is 2.79. The largest absolute Gasteiger partial charge is 0.497 e. The standard InChI is InChI=1S/C8H7ClN2OS.BrH/c1-12-4-2-5(9)7-6(3-4)13-8(10)11-7;/h2-3H,1H3,(H2,10,11);1H. The molecule has 0 amide bonds. The monoisotopic (exact) mass is 294 g/mol. The van der Waals surface area contributed by atoms with Gasteiger partial charge in [0.15, 0.2) is 5.13 Å². The van der Waals surface area contributed by atoms with Gasteiger partial charge in [-0.3, -0.25) is 0 Å². The summed E-state index contributed by atoms with van der Waals surface area (Å²) in [7, 11) is 1.60. The van der Waals surface area contributed by atoms with E-state index in [9.17, 15) is 0 Å². The number of methoxy groups -OCH3 is 1. The molecule has 14 heavy (non-hydrogen) atoms. The number of nitrogens with zero attached hydrogens (tertiary/aromatic N) is 1. The van der Waals surface area contributed by atoms with Crippen LogP contribution in [0.4, 0.5) is 5.13 Å². The average Bonchev–Trinajstić information content (AvgIpc) is 2.46. The van der Waals surface area contributed by atoms with E-state index in [0.29, 0.717) is 10.2 Å². The maximum atomic E-state index is 5.96. The number of fused-ring (bicyclic) bond motifs is 1. The molecular weight excluding hydrogens is 288 g/mol. The molecule has 0 saturated carbocycles. The molecule has 0 spiro atoms. The van der Waals surface area contributed by atoms with Crippen LogP contribution in [0.3, 0.4) is 0 Å². The fraction of sp³-hybridized carbons (Fsp3) is 0.125. The Labute approximate surface area is 101 Å². The van der Waals surface area contributed by atoms with Crippen LogP contribution in [0.5, 0.6) is 5.75 Å². The highest BCUT2D eigenvalue weighted by Crippen LogP contribution is 2.33. The van der Waals surface area contributed by atoms with Crippen molar-refractivity contribution in [3.63, 3.8) is 0 Å². The van der Waals surface area contributed by atoms with Crippen molar-refractivity contribution in [3.8, 4) is 5.75 Å². The quantitative estimate of drug-likeness (QED) is 0.879. The summed E-state index contributed by atoms with van der Waals surface area (Å²) >= 11 is 7.36. The lowest BCUT2D eigenvalue weighted by molar-refractivity contribution is 0.415. The first-order valence-corrected chi connectivity index (χ1v) is 4.79. The van der Waals surface area contributed by atoms with E-state index in [4.69, 9.17) is 22.1 Å². The van der Waals surface area contributed by atoms with Gasteiger partial charge in [-0.25, -0.2) is 4.98 Å². The van der Waals surface area contributed by atoms with Crippen molar-refractivity contribution in [2.45, 2.75) is 0 Å². The van der Waals surface area contributed by atoms with E-state index >= 15 is 0 Å². The van der Waals surface area contributed by atoms with E-state index in [1.165, 1.54) is 11.3 Å². The molecule has 2 N–H and O–H groups in total. The summed E-state index contributed by atoms with van der Waals surface area (Å²) in [5, 5.41) is 1.09.